The lowest BCUT2D eigenvalue weighted by atomic mass is 9.93. The predicted octanol–water partition coefficient (Wildman–Crippen LogP) is -0.0955. The molecule has 0 aliphatic carbocycles. The molecule has 0 radical (unpaired) electrons. The van der Waals surface area contributed by atoms with Gasteiger partial charge in [0.25, 0.3) is 0 Å². The molecule has 0 aromatic heterocycles. The summed E-state index contributed by atoms with van der Waals surface area (Å²) in [6.07, 6.45) is 0. The van der Waals surface area contributed by atoms with Gasteiger partial charge in [0.1, 0.15) is 0 Å². The van der Waals surface area contributed by atoms with E-state index in [0.29, 0.717) is 6.61 Å². The van der Waals surface area contributed by atoms with E-state index in [4.69, 9.17) is 15.9 Å². The van der Waals surface area contributed by atoms with E-state index >= 15 is 0 Å². The van der Waals surface area contributed by atoms with E-state index in [1.54, 1.807) is 20.8 Å². The summed E-state index contributed by atoms with van der Waals surface area (Å²) in [4.78, 5) is 0. The molecule has 0 bridgehead atoms. The van der Waals surface area contributed by atoms with Crippen molar-refractivity contribution in [2.45, 2.75) is 20.8 Å². The zero-order valence-electron chi connectivity index (χ0n) is 10.0. The van der Waals surface area contributed by atoms with Crippen molar-refractivity contribution in [3.63, 3.8) is 0 Å². The van der Waals surface area contributed by atoms with Gasteiger partial charge in [-0.2, -0.15) is 0 Å². The molecule has 0 aromatic carbocycles. The highest BCUT2D eigenvalue weighted by Gasteiger charge is 2.24. The number of sulfonamides is 1. The Hall–Kier alpha value is -0.660. The predicted molar refractivity (Wildman–Crippen MR) is 64.0 cm³/mol. The number of hydrogen-bond donors (Lipinski definition) is 3. The number of ether oxygens (including phenoxy) is 1. The molecule has 0 atom stereocenters. The average Bonchev–Trinajstić information content (AvgIpc) is 2.15. The van der Waals surface area contributed by atoms with E-state index in [1.165, 1.54) is 0 Å². The lowest BCUT2D eigenvalue weighted by molar-refractivity contribution is 0.163. The van der Waals surface area contributed by atoms with Crippen LogP contribution in [0.2, 0.25) is 0 Å². The maximum atomic E-state index is 11.5. The molecule has 96 valence electrons. The summed E-state index contributed by atoms with van der Waals surface area (Å²) < 4.78 is 30.3. The van der Waals surface area contributed by atoms with Gasteiger partial charge in [0.2, 0.25) is 10.0 Å². The summed E-state index contributed by atoms with van der Waals surface area (Å²) in [6, 6.07) is 0. The fraction of sp³-hybridized carbons (Fsp3) is 0.889. The number of amidine groups is 1. The van der Waals surface area contributed by atoms with Crippen LogP contribution in [-0.2, 0) is 14.8 Å². The van der Waals surface area contributed by atoms with Gasteiger partial charge in [-0.3, -0.25) is 5.41 Å². The molecule has 0 aliphatic heterocycles. The largest absolute Gasteiger partial charge is 0.387 e. The normalized spacial score (nSPS) is 12.7. The maximum Gasteiger partial charge on any atom is 0.213 e. The molecule has 0 aromatic rings. The second-order valence-corrected chi connectivity index (χ2v) is 6.06. The van der Waals surface area contributed by atoms with E-state index in [0.717, 1.165) is 0 Å². The average molecular weight is 251 g/mol. The van der Waals surface area contributed by atoms with Gasteiger partial charge in [-0.05, 0) is 6.92 Å². The Balaban J connectivity index is 4.14. The lowest BCUT2D eigenvalue weighted by Gasteiger charge is -2.23. The van der Waals surface area contributed by atoms with Crippen molar-refractivity contribution in [1.29, 1.82) is 5.41 Å². The maximum absolute atomic E-state index is 11.5. The van der Waals surface area contributed by atoms with Crippen LogP contribution >= 0.6 is 0 Å². The van der Waals surface area contributed by atoms with Crippen molar-refractivity contribution in [1.82, 2.24) is 4.72 Å². The number of hydrogen-bond acceptors (Lipinski definition) is 4. The second kappa shape index (κ2) is 6.17. The smallest absolute Gasteiger partial charge is 0.213 e. The second-order valence-electron chi connectivity index (χ2n) is 4.13. The van der Waals surface area contributed by atoms with Crippen LogP contribution in [0.25, 0.3) is 0 Å². The van der Waals surface area contributed by atoms with Crippen molar-refractivity contribution in [3.05, 3.63) is 0 Å². The topological polar surface area (TPSA) is 105 Å². The standard InChI is InChI=1S/C9H21N3O3S/c1-4-15-5-6-16(13,14)12-7-9(2,3)8(10)11/h12H,4-7H2,1-3H3,(H3,10,11). The summed E-state index contributed by atoms with van der Waals surface area (Å²) in [5.74, 6) is -0.116. The van der Waals surface area contributed by atoms with Crippen LogP contribution < -0.4 is 10.5 Å². The van der Waals surface area contributed by atoms with Crippen LogP contribution in [0.4, 0.5) is 0 Å². The van der Waals surface area contributed by atoms with Crippen LogP contribution in [0, 0.1) is 10.8 Å². The van der Waals surface area contributed by atoms with Crippen molar-refractivity contribution >= 4 is 15.9 Å². The zero-order valence-corrected chi connectivity index (χ0v) is 10.9. The molecule has 0 amide bonds. The Morgan fingerprint density at radius 3 is 2.50 bits per heavy atom. The highest BCUT2D eigenvalue weighted by Crippen LogP contribution is 2.12. The first-order valence-electron chi connectivity index (χ1n) is 5.11. The third-order valence-corrected chi connectivity index (χ3v) is 3.45. The lowest BCUT2D eigenvalue weighted by Crippen LogP contribution is -2.43. The third-order valence-electron chi connectivity index (χ3n) is 2.16. The van der Waals surface area contributed by atoms with Crippen LogP contribution in [0.5, 0.6) is 0 Å². The fourth-order valence-electron chi connectivity index (χ4n) is 0.771. The number of nitrogens with one attached hydrogen (secondary N) is 2. The summed E-state index contributed by atoms with van der Waals surface area (Å²) >= 11 is 0. The Kier molecular flexibility index (Phi) is 5.91. The first-order chi connectivity index (χ1) is 7.21. The van der Waals surface area contributed by atoms with Gasteiger partial charge in [0.05, 0.1) is 18.2 Å². The molecule has 0 rings (SSSR count). The molecule has 0 saturated heterocycles. The first kappa shape index (κ1) is 15.3. The van der Waals surface area contributed by atoms with Crippen LogP contribution in [0.1, 0.15) is 20.8 Å². The molecular formula is C9H21N3O3S. The first-order valence-corrected chi connectivity index (χ1v) is 6.76. The molecule has 16 heavy (non-hydrogen) atoms. The molecule has 0 heterocycles. The van der Waals surface area contributed by atoms with E-state index in [1.807, 2.05) is 0 Å². The monoisotopic (exact) mass is 251 g/mol. The van der Waals surface area contributed by atoms with Crippen LogP contribution in [-0.4, -0.2) is 39.8 Å². The summed E-state index contributed by atoms with van der Waals surface area (Å²) in [5.41, 5.74) is 4.68. The number of nitrogens with two attached hydrogens (primary N) is 1. The molecular weight excluding hydrogens is 230 g/mol. The van der Waals surface area contributed by atoms with E-state index in [2.05, 4.69) is 4.72 Å². The van der Waals surface area contributed by atoms with Gasteiger partial charge in [-0.15, -0.1) is 0 Å². The molecule has 0 unspecified atom stereocenters. The molecule has 4 N–H and O–H groups in total. The Bertz CT molecular complexity index is 325. The number of rotatable bonds is 8. The van der Waals surface area contributed by atoms with Crippen LogP contribution in [0.15, 0.2) is 0 Å². The van der Waals surface area contributed by atoms with Gasteiger partial charge in [0, 0.05) is 18.6 Å². The molecule has 0 aliphatic rings. The summed E-state index contributed by atoms with van der Waals surface area (Å²) in [7, 11) is -3.35. The third kappa shape index (κ3) is 6.04. The van der Waals surface area contributed by atoms with Crippen molar-refractivity contribution in [2.75, 3.05) is 25.5 Å². The highest BCUT2D eigenvalue weighted by molar-refractivity contribution is 7.89. The van der Waals surface area contributed by atoms with E-state index in [9.17, 15) is 8.42 Å². The highest BCUT2D eigenvalue weighted by atomic mass is 32.2. The SMILES string of the molecule is CCOCCS(=O)(=O)NCC(C)(C)C(=N)N. The van der Waals surface area contributed by atoms with Gasteiger partial charge < -0.3 is 10.5 Å². The van der Waals surface area contributed by atoms with Crippen molar-refractivity contribution in [2.24, 2.45) is 11.1 Å². The van der Waals surface area contributed by atoms with Crippen molar-refractivity contribution in [3.8, 4) is 0 Å². The fourth-order valence-corrected chi connectivity index (χ4v) is 1.83. The minimum Gasteiger partial charge on any atom is -0.387 e. The molecule has 0 spiro atoms. The van der Waals surface area contributed by atoms with E-state index < -0.39 is 15.4 Å². The Morgan fingerprint density at radius 2 is 2.06 bits per heavy atom. The minimum atomic E-state index is -3.35. The Morgan fingerprint density at radius 1 is 1.50 bits per heavy atom. The van der Waals surface area contributed by atoms with Gasteiger partial charge in [-0.1, -0.05) is 13.8 Å². The molecule has 7 heteroatoms. The molecule has 0 fully saturated rings. The van der Waals surface area contributed by atoms with Crippen LogP contribution in [0.3, 0.4) is 0 Å². The quantitative estimate of drug-likeness (QED) is 0.318. The van der Waals surface area contributed by atoms with Gasteiger partial charge in [-0.25, -0.2) is 13.1 Å². The van der Waals surface area contributed by atoms with Gasteiger partial charge >= 0.3 is 0 Å². The van der Waals surface area contributed by atoms with E-state index in [-0.39, 0.29) is 24.7 Å². The Labute approximate surface area is 97.1 Å². The summed E-state index contributed by atoms with van der Waals surface area (Å²) in [6.45, 7) is 6.01. The van der Waals surface area contributed by atoms with Crippen molar-refractivity contribution < 1.29 is 13.2 Å². The summed E-state index contributed by atoms with van der Waals surface area (Å²) in [5, 5.41) is 7.29. The molecule has 6 nitrogen and oxygen atoms in total. The molecule has 0 saturated carbocycles. The van der Waals surface area contributed by atoms with Gasteiger partial charge in [0.15, 0.2) is 0 Å². The minimum absolute atomic E-state index is 0.0417. The zero-order chi connectivity index (χ0) is 12.8.